The quantitative estimate of drug-likeness (QED) is 0.897. The Balaban J connectivity index is 2.00. The summed E-state index contributed by atoms with van der Waals surface area (Å²) >= 11 is 3.37. The second-order valence-electron chi connectivity index (χ2n) is 4.76. The number of aliphatic imine (C=N–C) groups is 1. The largest absolute Gasteiger partial charge is 0.369 e. The lowest BCUT2D eigenvalue weighted by Crippen LogP contribution is -2.36. The number of anilines is 1. The highest BCUT2D eigenvalue weighted by Gasteiger charge is 2.29. The molecular formula is C15H12BrF2N3. The number of benzene rings is 2. The fourth-order valence-corrected chi connectivity index (χ4v) is 2.70. The van der Waals surface area contributed by atoms with Crippen LogP contribution in [-0.2, 0) is 0 Å². The zero-order valence-corrected chi connectivity index (χ0v) is 12.5. The van der Waals surface area contributed by atoms with Crippen molar-refractivity contribution in [3.05, 3.63) is 64.1 Å². The molecule has 108 valence electrons. The molecule has 1 unspecified atom stereocenters. The second kappa shape index (κ2) is 5.44. The number of rotatable bonds is 2. The molecule has 0 bridgehead atoms. The number of guanidine groups is 1. The Morgan fingerprint density at radius 1 is 1.10 bits per heavy atom. The number of nitrogens with zero attached hydrogens (tertiary/aromatic N) is 2. The van der Waals surface area contributed by atoms with Crippen molar-refractivity contribution in [2.45, 2.75) is 6.04 Å². The van der Waals surface area contributed by atoms with Crippen molar-refractivity contribution in [1.29, 1.82) is 0 Å². The van der Waals surface area contributed by atoms with Crippen molar-refractivity contribution in [2.24, 2.45) is 10.7 Å². The van der Waals surface area contributed by atoms with Gasteiger partial charge < -0.3 is 10.6 Å². The molecule has 0 fully saturated rings. The summed E-state index contributed by atoms with van der Waals surface area (Å²) in [6.45, 7) is 0.366. The van der Waals surface area contributed by atoms with Crippen LogP contribution in [0.5, 0.6) is 0 Å². The standard InChI is InChI=1S/C15H12BrF2N3/c16-10-1-3-13(4-2-10)21-14(8-20-15(21)19)9-5-11(17)7-12(18)6-9/h1-7,14H,8H2,(H2,19,20). The van der Waals surface area contributed by atoms with Crippen molar-refractivity contribution in [3.8, 4) is 0 Å². The van der Waals surface area contributed by atoms with E-state index in [0.717, 1.165) is 16.2 Å². The Morgan fingerprint density at radius 3 is 2.33 bits per heavy atom. The number of nitrogens with two attached hydrogens (primary N) is 1. The first-order valence-electron chi connectivity index (χ1n) is 6.35. The van der Waals surface area contributed by atoms with Gasteiger partial charge in [0.25, 0.3) is 0 Å². The molecule has 1 heterocycles. The third kappa shape index (κ3) is 2.76. The Kier molecular flexibility index (Phi) is 3.63. The monoisotopic (exact) mass is 351 g/mol. The van der Waals surface area contributed by atoms with Crippen LogP contribution in [0, 0.1) is 11.6 Å². The molecular weight excluding hydrogens is 340 g/mol. The van der Waals surface area contributed by atoms with Gasteiger partial charge in [0.05, 0.1) is 12.6 Å². The fraction of sp³-hybridized carbons (Fsp3) is 0.133. The summed E-state index contributed by atoms with van der Waals surface area (Å²) < 4.78 is 27.8. The van der Waals surface area contributed by atoms with Gasteiger partial charge in [-0.1, -0.05) is 15.9 Å². The maximum absolute atomic E-state index is 13.4. The van der Waals surface area contributed by atoms with E-state index in [4.69, 9.17) is 5.73 Å². The molecule has 0 saturated heterocycles. The summed E-state index contributed by atoms with van der Waals surface area (Å²) in [4.78, 5) is 5.98. The van der Waals surface area contributed by atoms with E-state index in [1.54, 1.807) is 4.90 Å². The number of halogens is 3. The second-order valence-corrected chi connectivity index (χ2v) is 5.68. The highest BCUT2D eigenvalue weighted by Crippen LogP contribution is 2.32. The minimum atomic E-state index is -0.605. The van der Waals surface area contributed by atoms with Crippen LogP contribution in [0.25, 0.3) is 0 Å². The van der Waals surface area contributed by atoms with E-state index in [1.807, 2.05) is 24.3 Å². The van der Waals surface area contributed by atoms with Crippen LogP contribution in [0.2, 0.25) is 0 Å². The predicted molar refractivity (Wildman–Crippen MR) is 82.2 cm³/mol. The van der Waals surface area contributed by atoms with Gasteiger partial charge in [-0.25, -0.2) is 8.78 Å². The molecule has 0 spiro atoms. The fourth-order valence-electron chi connectivity index (χ4n) is 2.43. The van der Waals surface area contributed by atoms with Gasteiger partial charge in [-0.15, -0.1) is 0 Å². The van der Waals surface area contributed by atoms with Gasteiger partial charge in [-0.05, 0) is 42.0 Å². The molecule has 2 aromatic rings. The van der Waals surface area contributed by atoms with Gasteiger partial charge in [0.15, 0.2) is 5.96 Å². The van der Waals surface area contributed by atoms with Gasteiger partial charge in [0.2, 0.25) is 0 Å². The molecule has 0 saturated carbocycles. The lowest BCUT2D eigenvalue weighted by atomic mass is 10.1. The van der Waals surface area contributed by atoms with E-state index in [0.29, 0.717) is 18.1 Å². The summed E-state index contributed by atoms with van der Waals surface area (Å²) in [6, 6.07) is 10.7. The van der Waals surface area contributed by atoms with Gasteiger partial charge in [0, 0.05) is 16.2 Å². The number of hydrogen-bond acceptors (Lipinski definition) is 3. The SMILES string of the molecule is NC1=NCC(c2cc(F)cc(F)c2)N1c1ccc(Br)cc1. The van der Waals surface area contributed by atoms with Crippen molar-refractivity contribution in [2.75, 3.05) is 11.4 Å². The maximum atomic E-state index is 13.4. The molecule has 1 atom stereocenters. The summed E-state index contributed by atoms with van der Waals surface area (Å²) in [6.07, 6.45) is 0. The summed E-state index contributed by atoms with van der Waals surface area (Å²) in [5.74, 6) is -0.871. The van der Waals surface area contributed by atoms with E-state index in [9.17, 15) is 8.78 Å². The van der Waals surface area contributed by atoms with Gasteiger partial charge in [0.1, 0.15) is 11.6 Å². The maximum Gasteiger partial charge on any atom is 0.196 e. The molecule has 3 rings (SSSR count). The first-order chi connectivity index (χ1) is 10.0. The van der Waals surface area contributed by atoms with E-state index >= 15 is 0 Å². The molecule has 1 aliphatic heterocycles. The predicted octanol–water partition coefficient (Wildman–Crippen LogP) is 3.60. The van der Waals surface area contributed by atoms with Crippen molar-refractivity contribution < 1.29 is 8.78 Å². The first kappa shape index (κ1) is 14.0. The van der Waals surface area contributed by atoms with Crippen LogP contribution in [0.4, 0.5) is 14.5 Å². The van der Waals surface area contributed by atoms with Gasteiger partial charge in [-0.2, -0.15) is 0 Å². The molecule has 2 N–H and O–H groups in total. The van der Waals surface area contributed by atoms with E-state index in [-0.39, 0.29) is 6.04 Å². The molecule has 1 aliphatic rings. The number of hydrogen-bond donors (Lipinski definition) is 1. The zero-order valence-electron chi connectivity index (χ0n) is 10.9. The van der Waals surface area contributed by atoms with E-state index in [1.165, 1.54) is 12.1 Å². The average molecular weight is 352 g/mol. The van der Waals surface area contributed by atoms with Crippen LogP contribution in [0.15, 0.2) is 51.9 Å². The molecule has 0 radical (unpaired) electrons. The lowest BCUT2D eigenvalue weighted by Gasteiger charge is -2.26. The normalized spacial score (nSPS) is 18.0. The van der Waals surface area contributed by atoms with Crippen LogP contribution in [0.3, 0.4) is 0 Å². The molecule has 21 heavy (non-hydrogen) atoms. The van der Waals surface area contributed by atoms with Gasteiger partial charge in [-0.3, -0.25) is 4.99 Å². The summed E-state index contributed by atoms with van der Waals surface area (Å²) in [7, 11) is 0. The third-order valence-electron chi connectivity index (χ3n) is 3.36. The van der Waals surface area contributed by atoms with Crippen LogP contribution < -0.4 is 10.6 Å². The van der Waals surface area contributed by atoms with Crippen molar-refractivity contribution in [3.63, 3.8) is 0 Å². The lowest BCUT2D eigenvalue weighted by molar-refractivity contribution is 0.575. The van der Waals surface area contributed by atoms with Gasteiger partial charge >= 0.3 is 0 Å². The van der Waals surface area contributed by atoms with Crippen LogP contribution in [-0.4, -0.2) is 12.5 Å². The van der Waals surface area contributed by atoms with Crippen LogP contribution in [0.1, 0.15) is 11.6 Å². The third-order valence-corrected chi connectivity index (χ3v) is 3.89. The van der Waals surface area contributed by atoms with Crippen molar-refractivity contribution >= 4 is 27.6 Å². The molecule has 3 nitrogen and oxygen atoms in total. The topological polar surface area (TPSA) is 41.6 Å². The Bertz CT molecular complexity index is 680. The highest BCUT2D eigenvalue weighted by molar-refractivity contribution is 9.10. The minimum absolute atomic E-state index is 0.309. The Labute approximate surface area is 129 Å². The highest BCUT2D eigenvalue weighted by atomic mass is 79.9. The Morgan fingerprint density at radius 2 is 1.71 bits per heavy atom. The first-order valence-corrected chi connectivity index (χ1v) is 7.14. The van der Waals surface area contributed by atoms with Crippen LogP contribution >= 0.6 is 15.9 Å². The molecule has 0 amide bonds. The van der Waals surface area contributed by atoms with E-state index < -0.39 is 11.6 Å². The minimum Gasteiger partial charge on any atom is -0.369 e. The summed E-state index contributed by atoms with van der Waals surface area (Å²) in [5.41, 5.74) is 7.27. The molecule has 2 aromatic carbocycles. The summed E-state index contributed by atoms with van der Waals surface area (Å²) in [5, 5.41) is 0. The van der Waals surface area contributed by atoms with E-state index in [2.05, 4.69) is 20.9 Å². The molecule has 0 aromatic heterocycles. The molecule has 6 heteroatoms. The smallest absolute Gasteiger partial charge is 0.196 e. The average Bonchev–Trinajstić information content (AvgIpc) is 2.80. The molecule has 0 aliphatic carbocycles. The zero-order chi connectivity index (χ0) is 15.0. The Hall–Kier alpha value is -1.95. The van der Waals surface area contributed by atoms with Crippen molar-refractivity contribution in [1.82, 2.24) is 0 Å².